The van der Waals surface area contributed by atoms with E-state index in [1.165, 1.54) is 11.8 Å². The Balaban J connectivity index is 1.67. The zero-order valence-corrected chi connectivity index (χ0v) is 14.9. The highest BCUT2D eigenvalue weighted by Crippen LogP contribution is 2.26. The minimum atomic E-state index is -0.349. The van der Waals surface area contributed by atoms with Crippen molar-refractivity contribution in [3.63, 3.8) is 0 Å². The first-order valence-electron chi connectivity index (χ1n) is 7.63. The van der Waals surface area contributed by atoms with E-state index in [1.807, 2.05) is 38.2 Å². The zero-order chi connectivity index (χ0) is 17.8. The van der Waals surface area contributed by atoms with E-state index in [0.717, 1.165) is 0 Å². The molecule has 0 saturated carbocycles. The lowest BCUT2D eigenvalue weighted by atomic mass is 10.3. The molecule has 25 heavy (non-hydrogen) atoms. The first-order chi connectivity index (χ1) is 12.1. The van der Waals surface area contributed by atoms with E-state index in [-0.39, 0.29) is 11.2 Å². The number of carbonyl (C=O) groups excluding carboxylic acids is 1. The van der Waals surface area contributed by atoms with Crippen LogP contribution in [0.15, 0.2) is 52.2 Å². The normalized spacial score (nSPS) is 12.0. The van der Waals surface area contributed by atoms with Gasteiger partial charge in [0.05, 0.1) is 18.6 Å². The lowest BCUT2D eigenvalue weighted by Gasteiger charge is -2.12. The fourth-order valence-electron chi connectivity index (χ4n) is 2.19. The van der Waals surface area contributed by atoms with Gasteiger partial charge in [0.25, 0.3) is 0 Å². The number of hydrogen-bond acceptors (Lipinski definition) is 6. The van der Waals surface area contributed by atoms with Crippen LogP contribution in [0.2, 0.25) is 0 Å². The molecule has 0 aliphatic rings. The van der Waals surface area contributed by atoms with Crippen molar-refractivity contribution >= 4 is 23.4 Å². The van der Waals surface area contributed by atoms with Crippen molar-refractivity contribution in [3.8, 4) is 17.3 Å². The fourth-order valence-corrected chi connectivity index (χ4v) is 3.01. The van der Waals surface area contributed by atoms with Gasteiger partial charge < -0.3 is 19.0 Å². The number of anilines is 1. The van der Waals surface area contributed by atoms with Gasteiger partial charge in [-0.1, -0.05) is 17.8 Å². The predicted octanol–water partition coefficient (Wildman–Crippen LogP) is 3.20. The molecule has 3 rings (SSSR count). The highest BCUT2D eigenvalue weighted by atomic mass is 32.2. The summed E-state index contributed by atoms with van der Waals surface area (Å²) in [5, 5.41) is 11.4. The molecule has 7 nitrogen and oxygen atoms in total. The summed E-state index contributed by atoms with van der Waals surface area (Å²) in [6.07, 6.45) is 1.58. The van der Waals surface area contributed by atoms with Gasteiger partial charge in [0, 0.05) is 18.8 Å². The molecular formula is C17H18N4O3S. The number of thioether (sulfide) groups is 1. The Hall–Kier alpha value is -2.74. The number of nitrogens with one attached hydrogen (secondary N) is 1. The van der Waals surface area contributed by atoms with Crippen molar-refractivity contribution in [2.24, 2.45) is 7.05 Å². The number of amides is 1. The Morgan fingerprint density at radius 1 is 1.32 bits per heavy atom. The monoisotopic (exact) mass is 358 g/mol. The number of rotatable bonds is 6. The molecule has 0 spiro atoms. The van der Waals surface area contributed by atoms with Crippen molar-refractivity contribution in [1.29, 1.82) is 0 Å². The van der Waals surface area contributed by atoms with Crippen LogP contribution in [0.5, 0.6) is 5.75 Å². The number of methoxy groups -OCH3 is 1. The van der Waals surface area contributed by atoms with Crippen molar-refractivity contribution in [3.05, 3.63) is 42.7 Å². The van der Waals surface area contributed by atoms with Gasteiger partial charge in [0.1, 0.15) is 5.75 Å². The minimum absolute atomic E-state index is 0.124. The van der Waals surface area contributed by atoms with Crippen molar-refractivity contribution < 1.29 is 13.9 Å². The molecule has 0 unspecified atom stereocenters. The number of aromatic nitrogens is 3. The zero-order valence-electron chi connectivity index (χ0n) is 14.1. The summed E-state index contributed by atoms with van der Waals surface area (Å²) >= 11 is 1.33. The first kappa shape index (κ1) is 17.1. The summed E-state index contributed by atoms with van der Waals surface area (Å²) in [5.74, 6) is 1.82. The molecule has 8 heteroatoms. The third-order valence-electron chi connectivity index (χ3n) is 3.57. The average molecular weight is 358 g/mol. The number of nitrogens with zero attached hydrogens (tertiary/aromatic N) is 3. The van der Waals surface area contributed by atoms with Gasteiger partial charge in [-0.2, -0.15) is 0 Å². The second-order valence-electron chi connectivity index (χ2n) is 5.32. The molecule has 0 bridgehead atoms. The molecular weight excluding hydrogens is 340 g/mol. The van der Waals surface area contributed by atoms with Gasteiger partial charge in [-0.25, -0.2) is 0 Å². The van der Waals surface area contributed by atoms with E-state index >= 15 is 0 Å². The van der Waals surface area contributed by atoms with E-state index < -0.39 is 0 Å². The van der Waals surface area contributed by atoms with E-state index in [9.17, 15) is 4.79 Å². The molecule has 0 saturated heterocycles. The van der Waals surface area contributed by atoms with Crippen LogP contribution in [-0.2, 0) is 11.8 Å². The molecule has 1 N–H and O–H groups in total. The van der Waals surface area contributed by atoms with Gasteiger partial charge in [-0.05, 0) is 31.2 Å². The Morgan fingerprint density at radius 2 is 2.16 bits per heavy atom. The minimum Gasteiger partial charge on any atom is -0.497 e. The maximum atomic E-state index is 12.4. The van der Waals surface area contributed by atoms with Crippen LogP contribution in [0.4, 0.5) is 5.69 Å². The summed E-state index contributed by atoms with van der Waals surface area (Å²) in [7, 11) is 3.43. The highest BCUT2D eigenvalue weighted by Gasteiger charge is 2.20. The third-order valence-corrected chi connectivity index (χ3v) is 4.70. The van der Waals surface area contributed by atoms with Gasteiger partial charge in [0.15, 0.2) is 16.7 Å². The van der Waals surface area contributed by atoms with Crippen molar-refractivity contribution in [1.82, 2.24) is 14.8 Å². The van der Waals surface area contributed by atoms with Crippen LogP contribution >= 0.6 is 11.8 Å². The lowest BCUT2D eigenvalue weighted by Crippen LogP contribution is -2.22. The summed E-state index contributed by atoms with van der Waals surface area (Å²) in [6, 6.07) is 10.8. The quantitative estimate of drug-likeness (QED) is 0.682. The Bertz CT molecular complexity index is 861. The maximum absolute atomic E-state index is 12.4. The Labute approximate surface area is 149 Å². The molecule has 130 valence electrons. The smallest absolute Gasteiger partial charge is 0.237 e. The molecule has 1 aromatic carbocycles. The highest BCUT2D eigenvalue weighted by molar-refractivity contribution is 8.00. The van der Waals surface area contributed by atoms with Crippen LogP contribution in [0.1, 0.15) is 6.92 Å². The standard InChI is InChI=1S/C17H18N4O3S/c1-11(16(22)18-12-6-4-7-13(10-12)23-3)25-17-20-19-15(21(17)2)14-8-5-9-24-14/h4-11H,1-3H3,(H,18,22)/t11-/m1/s1. The third kappa shape index (κ3) is 3.85. The maximum Gasteiger partial charge on any atom is 0.237 e. The number of carbonyl (C=O) groups is 1. The van der Waals surface area contributed by atoms with Crippen LogP contribution < -0.4 is 10.1 Å². The fraction of sp³-hybridized carbons (Fsp3) is 0.235. The molecule has 0 radical (unpaired) electrons. The van der Waals surface area contributed by atoms with Crippen LogP contribution in [0.25, 0.3) is 11.6 Å². The molecule has 1 atom stereocenters. The predicted molar refractivity (Wildman–Crippen MR) is 95.6 cm³/mol. The number of ether oxygens (including phenoxy) is 1. The Kier molecular flexibility index (Phi) is 5.08. The summed E-state index contributed by atoms with van der Waals surface area (Å²) in [5.41, 5.74) is 0.686. The Morgan fingerprint density at radius 3 is 2.88 bits per heavy atom. The summed E-state index contributed by atoms with van der Waals surface area (Å²) < 4.78 is 12.3. The second kappa shape index (κ2) is 7.43. The van der Waals surface area contributed by atoms with Crippen LogP contribution in [0, 0.1) is 0 Å². The van der Waals surface area contributed by atoms with E-state index in [4.69, 9.17) is 9.15 Å². The molecule has 0 aliphatic carbocycles. The molecule has 2 heterocycles. The van der Waals surface area contributed by atoms with E-state index in [1.54, 1.807) is 30.1 Å². The van der Waals surface area contributed by atoms with Crippen LogP contribution in [-0.4, -0.2) is 33.0 Å². The van der Waals surface area contributed by atoms with Gasteiger partial charge in [-0.15, -0.1) is 10.2 Å². The van der Waals surface area contributed by atoms with Gasteiger partial charge >= 0.3 is 0 Å². The van der Waals surface area contributed by atoms with E-state index in [2.05, 4.69) is 15.5 Å². The van der Waals surface area contributed by atoms with Crippen molar-refractivity contribution in [2.75, 3.05) is 12.4 Å². The number of furan rings is 1. The van der Waals surface area contributed by atoms with Crippen LogP contribution in [0.3, 0.4) is 0 Å². The molecule has 0 aliphatic heterocycles. The topological polar surface area (TPSA) is 82.2 Å². The van der Waals surface area contributed by atoms with Crippen molar-refractivity contribution in [2.45, 2.75) is 17.3 Å². The van der Waals surface area contributed by atoms with Gasteiger partial charge in [0.2, 0.25) is 5.91 Å². The molecule has 3 aromatic rings. The number of benzene rings is 1. The largest absolute Gasteiger partial charge is 0.497 e. The SMILES string of the molecule is COc1cccc(NC(=O)[C@@H](C)Sc2nnc(-c3ccco3)n2C)c1. The van der Waals surface area contributed by atoms with Gasteiger partial charge in [-0.3, -0.25) is 4.79 Å². The molecule has 0 fully saturated rings. The second-order valence-corrected chi connectivity index (χ2v) is 6.63. The lowest BCUT2D eigenvalue weighted by molar-refractivity contribution is -0.115. The average Bonchev–Trinajstić information content (AvgIpc) is 3.25. The molecule has 1 amide bonds. The molecule has 2 aromatic heterocycles. The van der Waals surface area contributed by atoms with E-state index in [0.29, 0.717) is 28.2 Å². The summed E-state index contributed by atoms with van der Waals surface area (Å²) in [4.78, 5) is 12.4. The number of hydrogen-bond donors (Lipinski definition) is 1. The first-order valence-corrected chi connectivity index (χ1v) is 8.51. The summed E-state index contributed by atoms with van der Waals surface area (Å²) in [6.45, 7) is 1.82.